The maximum absolute atomic E-state index is 12.9. The van der Waals surface area contributed by atoms with Gasteiger partial charge in [0.25, 0.3) is 0 Å². The highest BCUT2D eigenvalue weighted by atomic mass is 16.5. The monoisotopic (exact) mass is 384 g/mol. The maximum atomic E-state index is 12.9. The van der Waals surface area contributed by atoms with E-state index in [0.29, 0.717) is 12.2 Å². The van der Waals surface area contributed by atoms with E-state index in [1.165, 1.54) is 0 Å². The number of ketones is 1. The van der Waals surface area contributed by atoms with Crippen molar-refractivity contribution in [3.63, 3.8) is 0 Å². The molecule has 0 aromatic carbocycles. The highest BCUT2D eigenvalue weighted by Crippen LogP contribution is 2.30. The average molecular weight is 384 g/mol. The molecule has 0 fully saturated rings. The van der Waals surface area contributed by atoms with E-state index in [2.05, 4.69) is 9.97 Å². The summed E-state index contributed by atoms with van der Waals surface area (Å²) >= 11 is 0. The quantitative estimate of drug-likeness (QED) is 0.442. The third-order valence-corrected chi connectivity index (χ3v) is 4.35. The number of ether oxygens (including phenoxy) is 2. The number of nitrogens with zero attached hydrogens (tertiary/aromatic N) is 3. The van der Waals surface area contributed by atoms with Gasteiger partial charge in [0.05, 0.1) is 6.61 Å². The number of carbonyl (C=O) groups excluding carboxylic acids is 2. The largest absolute Gasteiger partial charge is 0.462 e. The number of Topliss-reactive ketones (excluding diaryl/α,β-unsaturated/α-hetero) is 1. The third kappa shape index (κ3) is 3.91. The summed E-state index contributed by atoms with van der Waals surface area (Å²) < 4.78 is 10.9. The Labute approximate surface area is 163 Å². The fraction of sp³-hybridized carbons (Fsp3) is 0.350. The average Bonchev–Trinajstić information content (AvgIpc) is 3.22. The van der Waals surface area contributed by atoms with E-state index in [0.717, 1.165) is 17.5 Å². The summed E-state index contributed by atoms with van der Waals surface area (Å²) in [6.07, 6.45) is 5.05. The Morgan fingerprint density at radius 3 is 2.82 bits per heavy atom. The van der Waals surface area contributed by atoms with Crippen molar-refractivity contribution < 1.29 is 19.1 Å². The van der Waals surface area contributed by atoms with Crippen LogP contribution in [0.3, 0.4) is 0 Å². The van der Waals surface area contributed by atoms with Crippen molar-refractivity contribution in [2.75, 3.05) is 40.8 Å². The van der Waals surface area contributed by atoms with Crippen LogP contribution in [0.2, 0.25) is 0 Å². The van der Waals surface area contributed by atoms with E-state index in [9.17, 15) is 9.59 Å². The number of allylic oxidation sites excluding steroid dienone is 1. The Morgan fingerprint density at radius 2 is 2.11 bits per heavy atom. The Morgan fingerprint density at radius 1 is 1.32 bits per heavy atom. The van der Waals surface area contributed by atoms with E-state index < -0.39 is 11.8 Å². The first kappa shape index (κ1) is 19.6. The van der Waals surface area contributed by atoms with Gasteiger partial charge in [0, 0.05) is 43.5 Å². The van der Waals surface area contributed by atoms with Crippen molar-refractivity contribution in [2.24, 2.45) is 0 Å². The molecule has 2 aromatic heterocycles. The first-order chi connectivity index (χ1) is 13.4. The predicted molar refractivity (Wildman–Crippen MR) is 105 cm³/mol. The van der Waals surface area contributed by atoms with E-state index in [4.69, 9.17) is 9.47 Å². The van der Waals surface area contributed by atoms with Crippen LogP contribution in [0.15, 0.2) is 41.7 Å². The van der Waals surface area contributed by atoms with Crippen molar-refractivity contribution in [1.82, 2.24) is 19.8 Å². The molecule has 8 nitrogen and oxygen atoms in total. The highest BCUT2D eigenvalue weighted by Gasteiger charge is 2.38. The zero-order chi connectivity index (χ0) is 20.3. The Kier molecular flexibility index (Phi) is 5.79. The summed E-state index contributed by atoms with van der Waals surface area (Å²) in [5, 5.41) is 0.860. The number of hydrogen-bond acceptors (Lipinski definition) is 7. The molecule has 28 heavy (non-hydrogen) atoms. The highest BCUT2D eigenvalue weighted by molar-refractivity contribution is 6.26. The molecule has 1 N–H and O–H groups in total. The van der Waals surface area contributed by atoms with Crippen LogP contribution < -0.4 is 0 Å². The van der Waals surface area contributed by atoms with Crippen LogP contribution in [0.25, 0.3) is 17.1 Å². The van der Waals surface area contributed by atoms with E-state index in [1.54, 1.807) is 37.3 Å². The third-order valence-electron chi connectivity index (χ3n) is 4.35. The number of fused-ring (bicyclic) bond motifs is 1. The number of H-pyrrole nitrogens is 1. The number of esters is 1. The number of pyridine rings is 1. The minimum Gasteiger partial charge on any atom is -0.462 e. The fourth-order valence-electron chi connectivity index (χ4n) is 2.86. The SMILES string of the molecule is CCOC(=O)C1=C(N(C)CCN(C)C)O/C(=C\c2c[nH]c3ncccc23)C1=O. The molecule has 1 aliphatic rings. The van der Waals surface area contributed by atoms with Gasteiger partial charge in [-0.1, -0.05) is 0 Å². The van der Waals surface area contributed by atoms with Gasteiger partial charge in [0.2, 0.25) is 11.7 Å². The summed E-state index contributed by atoms with van der Waals surface area (Å²) in [4.78, 5) is 36.4. The number of aromatic nitrogens is 2. The van der Waals surface area contributed by atoms with Crippen molar-refractivity contribution in [3.8, 4) is 0 Å². The van der Waals surface area contributed by atoms with E-state index in [-0.39, 0.29) is 23.8 Å². The molecule has 0 saturated heterocycles. The lowest BCUT2D eigenvalue weighted by molar-refractivity contribution is -0.139. The topological polar surface area (TPSA) is 87.8 Å². The molecule has 0 amide bonds. The molecule has 0 saturated carbocycles. The number of aromatic amines is 1. The zero-order valence-corrected chi connectivity index (χ0v) is 16.5. The number of likely N-dealkylation sites (N-methyl/N-ethyl adjacent to an activating group) is 2. The molecule has 0 unspecified atom stereocenters. The van der Waals surface area contributed by atoms with E-state index >= 15 is 0 Å². The molecule has 2 aromatic rings. The Balaban J connectivity index is 1.94. The van der Waals surface area contributed by atoms with E-state index in [1.807, 2.05) is 31.1 Å². The van der Waals surface area contributed by atoms with Gasteiger partial charge in [-0.05, 0) is 39.2 Å². The maximum Gasteiger partial charge on any atom is 0.347 e. The molecule has 0 aliphatic carbocycles. The van der Waals surface area contributed by atoms with Gasteiger partial charge >= 0.3 is 5.97 Å². The van der Waals surface area contributed by atoms with Gasteiger partial charge in [-0.2, -0.15) is 0 Å². The number of hydrogen-bond donors (Lipinski definition) is 1. The van der Waals surface area contributed by atoms with Crippen molar-refractivity contribution in [2.45, 2.75) is 6.92 Å². The number of carbonyl (C=O) groups is 2. The van der Waals surface area contributed by atoms with Crippen molar-refractivity contribution in [3.05, 3.63) is 47.3 Å². The summed E-state index contributed by atoms with van der Waals surface area (Å²) in [7, 11) is 5.68. The van der Waals surface area contributed by atoms with Gasteiger partial charge in [0.15, 0.2) is 11.3 Å². The molecule has 0 atom stereocenters. The summed E-state index contributed by atoms with van der Waals surface area (Å²) in [5.74, 6) is -0.861. The van der Waals surface area contributed by atoms with Crippen LogP contribution in [0.1, 0.15) is 12.5 Å². The molecule has 0 bridgehead atoms. The minimum absolute atomic E-state index is 0.0766. The van der Waals surface area contributed by atoms with Crippen molar-refractivity contribution >= 4 is 28.9 Å². The first-order valence-electron chi connectivity index (χ1n) is 9.06. The van der Waals surface area contributed by atoms with Gasteiger partial charge in [-0.3, -0.25) is 4.79 Å². The Hall–Kier alpha value is -3.13. The minimum atomic E-state index is -0.678. The van der Waals surface area contributed by atoms with Gasteiger partial charge in [0.1, 0.15) is 5.65 Å². The van der Waals surface area contributed by atoms with Crippen LogP contribution in [-0.2, 0) is 19.1 Å². The standard InChI is InChI=1S/C20H24N4O4/c1-5-27-20(26)16-17(25)15(28-19(16)24(4)10-9-23(2)3)11-13-12-22-18-14(13)7-6-8-21-18/h6-8,11-12H,5,9-10H2,1-4H3,(H,21,22)/b15-11-. The lowest BCUT2D eigenvalue weighted by Gasteiger charge is -2.22. The second kappa shape index (κ2) is 8.26. The molecule has 1 aliphatic heterocycles. The van der Waals surface area contributed by atoms with Gasteiger partial charge in [-0.25, -0.2) is 9.78 Å². The molecule has 8 heteroatoms. The van der Waals surface area contributed by atoms with Crippen LogP contribution >= 0.6 is 0 Å². The molecule has 0 radical (unpaired) electrons. The normalized spacial score (nSPS) is 15.6. The van der Waals surface area contributed by atoms with Crippen LogP contribution in [0, 0.1) is 0 Å². The predicted octanol–water partition coefficient (Wildman–Crippen LogP) is 1.77. The number of nitrogens with one attached hydrogen (secondary N) is 1. The second-order valence-corrected chi connectivity index (χ2v) is 6.71. The van der Waals surface area contributed by atoms with Gasteiger partial charge < -0.3 is 24.3 Å². The fourth-order valence-corrected chi connectivity index (χ4v) is 2.86. The molecule has 3 heterocycles. The van der Waals surface area contributed by atoms with Crippen LogP contribution in [-0.4, -0.2) is 72.4 Å². The second-order valence-electron chi connectivity index (χ2n) is 6.71. The lowest BCUT2D eigenvalue weighted by atomic mass is 10.1. The molecular weight excluding hydrogens is 360 g/mol. The lowest BCUT2D eigenvalue weighted by Crippen LogP contribution is -2.29. The molecular formula is C20H24N4O4. The first-order valence-corrected chi connectivity index (χ1v) is 9.06. The molecule has 0 spiro atoms. The van der Waals surface area contributed by atoms with Gasteiger partial charge in [-0.15, -0.1) is 0 Å². The molecule has 148 valence electrons. The Bertz CT molecular complexity index is 958. The summed E-state index contributed by atoms with van der Waals surface area (Å²) in [6.45, 7) is 3.20. The smallest absolute Gasteiger partial charge is 0.347 e. The van der Waals surface area contributed by atoms with Crippen LogP contribution in [0.4, 0.5) is 0 Å². The van der Waals surface area contributed by atoms with Crippen molar-refractivity contribution in [1.29, 1.82) is 0 Å². The zero-order valence-electron chi connectivity index (χ0n) is 16.5. The van der Waals surface area contributed by atoms with Crippen LogP contribution in [0.5, 0.6) is 0 Å². The summed E-state index contributed by atoms with van der Waals surface area (Å²) in [5.41, 5.74) is 1.39. The summed E-state index contributed by atoms with van der Waals surface area (Å²) in [6, 6.07) is 3.71. The molecule has 3 rings (SSSR count). The number of rotatable bonds is 7.